The van der Waals surface area contributed by atoms with Crippen molar-refractivity contribution in [2.45, 2.75) is 6.54 Å². The number of anilines is 1. The maximum absolute atomic E-state index is 12.2. The molecule has 0 spiro atoms. The van der Waals surface area contributed by atoms with Crippen LogP contribution in [0.3, 0.4) is 0 Å². The average molecular weight is 341 g/mol. The molecule has 0 fully saturated rings. The molecule has 0 bridgehead atoms. The van der Waals surface area contributed by atoms with E-state index in [1.807, 2.05) is 11.4 Å². The van der Waals surface area contributed by atoms with Crippen molar-refractivity contribution in [1.82, 2.24) is 9.88 Å². The summed E-state index contributed by atoms with van der Waals surface area (Å²) in [6.07, 6.45) is 1.51. The third-order valence-electron chi connectivity index (χ3n) is 2.55. The van der Waals surface area contributed by atoms with Crippen molar-refractivity contribution in [2.24, 2.45) is 5.84 Å². The van der Waals surface area contributed by atoms with Gasteiger partial charge >= 0.3 is 0 Å². The third-order valence-corrected chi connectivity index (χ3v) is 4.10. The number of carbonyl (C=O) groups is 1. The van der Waals surface area contributed by atoms with Gasteiger partial charge in [0.25, 0.3) is 5.91 Å². The summed E-state index contributed by atoms with van der Waals surface area (Å²) in [5.41, 5.74) is 4.06. The number of hydrazine groups is 1. The standard InChI is InChI=1S/C12H13BrN4OS/c1-17(6-8-4-10(13)19-7-8)12(18)9-2-3-11(16-14)15-5-9/h2-5,7H,6,14H2,1H3,(H,15,16). The van der Waals surface area contributed by atoms with Crippen LogP contribution in [0.1, 0.15) is 15.9 Å². The quantitative estimate of drug-likeness (QED) is 0.662. The fourth-order valence-electron chi connectivity index (χ4n) is 1.60. The van der Waals surface area contributed by atoms with Crippen LogP contribution in [0.5, 0.6) is 0 Å². The second-order valence-electron chi connectivity index (χ2n) is 4.00. The first-order valence-electron chi connectivity index (χ1n) is 5.51. The van der Waals surface area contributed by atoms with Gasteiger partial charge in [-0.2, -0.15) is 0 Å². The van der Waals surface area contributed by atoms with Crippen molar-refractivity contribution in [2.75, 3.05) is 12.5 Å². The zero-order valence-electron chi connectivity index (χ0n) is 10.3. The molecule has 0 radical (unpaired) electrons. The molecule has 0 aliphatic heterocycles. The van der Waals surface area contributed by atoms with E-state index in [0.29, 0.717) is 17.9 Å². The molecule has 2 rings (SSSR count). The Morgan fingerprint density at radius 1 is 1.58 bits per heavy atom. The Balaban J connectivity index is 2.05. The minimum Gasteiger partial charge on any atom is -0.337 e. The number of rotatable bonds is 4. The number of nitrogens with zero attached hydrogens (tertiary/aromatic N) is 2. The molecule has 5 nitrogen and oxygen atoms in total. The zero-order chi connectivity index (χ0) is 13.8. The highest BCUT2D eigenvalue weighted by Crippen LogP contribution is 2.21. The molecule has 0 aromatic carbocycles. The summed E-state index contributed by atoms with van der Waals surface area (Å²) in [6.45, 7) is 0.567. The number of pyridine rings is 1. The van der Waals surface area contributed by atoms with Crippen molar-refractivity contribution in [3.8, 4) is 0 Å². The number of carbonyl (C=O) groups excluding carboxylic acids is 1. The number of nitrogens with one attached hydrogen (secondary N) is 1. The van der Waals surface area contributed by atoms with E-state index in [9.17, 15) is 4.79 Å². The Kier molecular flexibility index (Phi) is 4.52. The van der Waals surface area contributed by atoms with E-state index in [1.54, 1.807) is 35.4 Å². The van der Waals surface area contributed by atoms with Gasteiger partial charge in [0.1, 0.15) is 5.82 Å². The van der Waals surface area contributed by atoms with Gasteiger partial charge in [-0.15, -0.1) is 11.3 Å². The average Bonchev–Trinajstić information content (AvgIpc) is 2.83. The molecule has 3 N–H and O–H groups in total. The maximum atomic E-state index is 12.2. The Labute approximate surface area is 123 Å². The fourth-order valence-corrected chi connectivity index (χ4v) is 2.80. The molecule has 2 heterocycles. The minimum absolute atomic E-state index is 0.0709. The predicted octanol–water partition coefficient (Wildman–Crippen LogP) is 2.46. The number of aromatic nitrogens is 1. The van der Waals surface area contributed by atoms with Crippen molar-refractivity contribution in [1.29, 1.82) is 0 Å². The zero-order valence-corrected chi connectivity index (χ0v) is 12.7. The van der Waals surface area contributed by atoms with Crippen molar-refractivity contribution < 1.29 is 4.79 Å². The molecule has 19 heavy (non-hydrogen) atoms. The molecule has 2 aromatic rings. The van der Waals surface area contributed by atoms with Gasteiger partial charge in [-0.05, 0) is 45.1 Å². The van der Waals surface area contributed by atoms with Crippen LogP contribution in [0.15, 0.2) is 33.6 Å². The highest BCUT2D eigenvalue weighted by molar-refractivity contribution is 9.11. The lowest BCUT2D eigenvalue weighted by atomic mass is 10.2. The van der Waals surface area contributed by atoms with E-state index < -0.39 is 0 Å². The molecule has 0 unspecified atom stereocenters. The van der Waals surface area contributed by atoms with E-state index in [0.717, 1.165) is 9.35 Å². The number of thiophene rings is 1. The predicted molar refractivity (Wildman–Crippen MR) is 79.9 cm³/mol. The van der Waals surface area contributed by atoms with Gasteiger partial charge in [0.15, 0.2) is 0 Å². The smallest absolute Gasteiger partial charge is 0.255 e. The second kappa shape index (κ2) is 6.14. The number of halogens is 1. The van der Waals surface area contributed by atoms with Gasteiger partial charge in [-0.1, -0.05) is 0 Å². The van der Waals surface area contributed by atoms with Crippen LogP contribution < -0.4 is 11.3 Å². The summed E-state index contributed by atoms with van der Waals surface area (Å²) in [7, 11) is 1.77. The van der Waals surface area contributed by atoms with E-state index in [2.05, 4.69) is 26.3 Å². The summed E-state index contributed by atoms with van der Waals surface area (Å²) in [5, 5.41) is 2.02. The number of hydrogen-bond acceptors (Lipinski definition) is 5. The lowest BCUT2D eigenvalue weighted by Crippen LogP contribution is -2.26. The van der Waals surface area contributed by atoms with E-state index in [1.165, 1.54) is 6.20 Å². The molecule has 1 amide bonds. The molecule has 0 aliphatic carbocycles. The molecule has 100 valence electrons. The number of amides is 1. The van der Waals surface area contributed by atoms with Gasteiger partial charge < -0.3 is 10.3 Å². The summed E-state index contributed by atoms with van der Waals surface area (Å²) in [6, 6.07) is 5.38. The molecule has 2 aromatic heterocycles. The van der Waals surface area contributed by atoms with E-state index >= 15 is 0 Å². The van der Waals surface area contributed by atoms with Crippen molar-refractivity contribution in [3.63, 3.8) is 0 Å². The van der Waals surface area contributed by atoms with Crippen molar-refractivity contribution in [3.05, 3.63) is 44.7 Å². The molecule has 0 aliphatic rings. The SMILES string of the molecule is CN(Cc1csc(Br)c1)C(=O)c1ccc(NN)nc1. The Morgan fingerprint density at radius 3 is 2.89 bits per heavy atom. The van der Waals surface area contributed by atoms with Crippen LogP contribution in [-0.4, -0.2) is 22.8 Å². The molecular formula is C12H13BrN4OS. The van der Waals surface area contributed by atoms with Gasteiger partial charge in [-0.3, -0.25) is 4.79 Å². The minimum atomic E-state index is -0.0709. The largest absolute Gasteiger partial charge is 0.337 e. The van der Waals surface area contributed by atoms with E-state index in [-0.39, 0.29) is 5.91 Å². The highest BCUT2D eigenvalue weighted by Gasteiger charge is 2.13. The first kappa shape index (κ1) is 14.0. The van der Waals surface area contributed by atoms with Gasteiger partial charge in [0.05, 0.1) is 9.35 Å². The second-order valence-corrected chi connectivity index (χ2v) is 6.29. The molecule has 7 heteroatoms. The monoisotopic (exact) mass is 340 g/mol. The lowest BCUT2D eigenvalue weighted by molar-refractivity contribution is 0.0785. The topological polar surface area (TPSA) is 71.2 Å². The Bertz CT molecular complexity index is 569. The van der Waals surface area contributed by atoms with Crippen LogP contribution in [0.25, 0.3) is 0 Å². The van der Waals surface area contributed by atoms with Crippen LogP contribution >= 0.6 is 27.3 Å². The fraction of sp³-hybridized carbons (Fsp3) is 0.167. The summed E-state index contributed by atoms with van der Waals surface area (Å²) < 4.78 is 1.06. The maximum Gasteiger partial charge on any atom is 0.255 e. The molecule has 0 saturated carbocycles. The van der Waals surface area contributed by atoms with Gasteiger partial charge in [0, 0.05) is 19.8 Å². The van der Waals surface area contributed by atoms with Crippen LogP contribution in [-0.2, 0) is 6.54 Å². The van der Waals surface area contributed by atoms with Gasteiger partial charge in [-0.25, -0.2) is 10.8 Å². The molecular weight excluding hydrogens is 328 g/mol. The highest BCUT2D eigenvalue weighted by atomic mass is 79.9. The Hall–Kier alpha value is -1.44. The van der Waals surface area contributed by atoms with Crippen LogP contribution in [0.4, 0.5) is 5.82 Å². The first-order chi connectivity index (χ1) is 9.10. The Morgan fingerprint density at radius 2 is 2.37 bits per heavy atom. The molecule has 0 saturated heterocycles. The number of nitrogen functional groups attached to an aromatic ring is 1. The lowest BCUT2D eigenvalue weighted by Gasteiger charge is -2.16. The van der Waals surface area contributed by atoms with Gasteiger partial charge in [0.2, 0.25) is 0 Å². The normalized spacial score (nSPS) is 10.3. The number of nitrogens with two attached hydrogens (primary N) is 1. The summed E-state index contributed by atoms with van der Waals surface area (Å²) >= 11 is 5.01. The summed E-state index contributed by atoms with van der Waals surface area (Å²) in [5.74, 6) is 5.69. The summed E-state index contributed by atoms with van der Waals surface area (Å²) in [4.78, 5) is 17.9. The number of hydrogen-bond donors (Lipinski definition) is 2. The van der Waals surface area contributed by atoms with Crippen LogP contribution in [0, 0.1) is 0 Å². The van der Waals surface area contributed by atoms with Crippen LogP contribution in [0.2, 0.25) is 0 Å². The molecule has 0 atom stereocenters. The third kappa shape index (κ3) is 3.52. The van der Waals surface area contributed by atoms with Crippen molar-refractivity contribution >= 4 is 39.0 Å². The van der Waals surface area contributed by atoms with E-state index in [4.69, 9.17) is 5.84 Å². The first-order valence-corrected chi connectivity index (χ1v) is 7.18.